The highest BCUT2D eigenvalue weighted by Crippen LogP contribution is 2.25. The third-order valence-electron chi connectivity index (χ3n) is 2.94. The van der Waals surface area contributed by atoms with Gasteiger partial charge in [-0.25, -0.2) is 4.98 Å². The van der Waals surface area contributed by atoms with E-state index in [0.717, 1.165) is 21.2 Å². The Morgan fingerprint density at radius 3 is 2.44 bits per heavy atom. The fraction of sp³-hybridized carbons (Fsp3) is 0.308. The molecule has 1 unspecified atom stereocenters. The minimum absolute atomic E-state index is 0.250. The first-order valence-corrected chi connectivity index (χ1v) is 7.28. The molecule has 96 valence electrons. The summed E-state index contributed by atoms with van der Waals surface area (Å²) in [4.78, 5) is 4.37. The van der Waals surface area contributed by atoms with Crippen LogP contribution in [0.3, 0.4) is 0 Å². The van der Waals surface area contributed by atoms with Gasteiger partial charge in [0.2, 0.25) is 0 Å². The van der Waals surface area contributed by atoms with Gasteiger partial charge in [-0.2, -0.15) is 0 Å². The highest BCUT2D eigenvalue weighted by atomic mass is 79.9. The molecule has 0 aliphatic rings. The van der Waals surface area contributed by atoms with E-state index in [-0.39, 0.29) is 6.04 Å². The third-order valence-corrected chi connectivity index (χ3v) is 3.86. The van der Waals surface area contributed by atoms with Crippen molar-refractivity contribution in [2.24, 2.45) is 7.05 Å². The lowest BCUT2D eigenvalue weighted by Crippen LogP contribution is -2.20. The van der Waals surface area contributed by atoms with Crippen LogP contribution >= 0.6 is 31.9 Å². The first-order chi connectivity index (χ1) is 8.60. The Kier molecular flexibility index (Phi) is 4.59. The Bertz CT molecular complexity index is 517. The largest absolute Gasteiger partial charge is 0.338 e. The molecule has 0 radical (unpaired) electrons. The molecular formula is C13H15Br2N3. The number of hydrogen-bond donors (Lipinski definition) is 1. The molecule has 18 heavy (non-hydrogen) atoms. The summed E-state index contributed by atoms with van der Waals surface area (Å²) in [5.41, 5.74) is 1.24. The van der Waals surface area contributed by atoms with Gasteiger partial charge >= 0.3 is 0 Å². The molecule has 1 atom stereocenters. The molecule has 0 aliphatic heterocycles. The van der Waals surface area contributed by atoms with Crippen LogP contribution in [0.5, 0.6) is 0 Å². The quantitative estimate of drug-likeness (QED) is 0.890. The lowest BCUT2D eigenvalue weighted by atomic mass is 10.0. The minimum atomic E-state index is 0.250. The standard InChI is InChI=1S/C13H15Br2N3/c1-16-12(8-13-17-3-4-18(13)2)9-5-10(14)7-11(15)6-9/h3-7,12,16H,8H2,1-2H3. The van der Waals surface area contributed by atoms with Gasteiger partial charge in [0.1, 0.15) is 5.82 Å². The summed E-state index contributed by atoms with van der Waals surface area (Å²) in [5, 5.41) is 3.34. The predicted octanol–water partition coefficient (Wildman–Crippen LogP) is 3.45. The highest BCUT2D eigenvalue weighted by molar-refractivity contribution is 9.11. The topological polar surface area (TPSA) is 29.9 Å². The number of nitrogens with zero attached hydrogens (tertiary/aromatic N) is 2. The number of aromatic nitrogens is 2. The number of likely N-dealkylation sites (N-methyl/N-ethyl adjacent to an activating group) is 1. The van der Waals surface area contributed by atoms with Crippen molar-refractivity contribution in [3.05, 3.63) is 50.9 Å². The van der Waals surface area contributed by atoms with Gasteiger partial charge < -0.3 is 9.88 Å². The van der Waals surface area contributed by atoms with Gasteiger partial charge in [0.25, 0.3) is 0 Å². The van der Waals surface area contributed by atoms with E-state index in [4.69, 9.17) is 0 Å². The van der Waals surface area contributed by atoms with E-state index >= 15 is 0 Å². The summed E-state index contributed by atoms with van der Waals surface area (Å²) in [7, 11) is 3.99. The molecule has 1 aromatic heterocycles. The molecular weight excluding hydrogens is 358 g/mol. The third kappa shape index (κ3) is 3.22. The van der Waals surface area contributed by atoms with E-state index in [2.05, 4.69) is 58.9 Å². The molecule has 0 fully saturated rings. The lowest BCUT2D eigenvalue weighted by molar-refractivity contribution is 0.563. The molecule has 3 nitrogen and oxygen atoms in total. The molecule has 1 heterocycles. The van der Waals surface area contributed by atoms with Gasteiger partial charge in [-0.3, -0.25) is 0 Å². The fourth-order valence-corrected chi connectivity index (χ4v) is 3.27. The zero-order valence-corrected chi connectivity index (χ0v) is 13.5. The van der Waals surface area contributed by atoms with Crippen molar-refractivity contribution in [3.63, 3.8) is 0 Å². The van der Waals surface area contributed by atoms with E-state index in [1.165, 1.54) is 5.56 Å². The summed E-state index contributed by atoms with van der Waals surface area (Å²) in [6, 6.07) is 6.56. The second-order valence-corrected chi connectivity index (χ2v) is 6.03. The maximum atomic E-state index is 4.37. The Morgan fingerprint density at radius 1 is 1.28 bits per heavy atom. The zero-order chi connectivity index (χ0) is 13.1. The van der Waals surface area contributed by atoms with Gasteiger partial charge in [-0.05, 0) is 30.8 Å². The summed E-state index contributed by atoms with van der Waals surface area (Å²) in [5.74, 6) is 1.07. The Balaban J connectivity index is 2.25. The van der Waals surface area contributed by atoms with Gasteiger partial charge in [-0.15, -0.1) is 0 Å². The predicted molar refractivity (Wildman–Crippen MR) is 80.6 cm³/mol. The lowest BCUT2D eigenvalue weighted by Gasteiger charge is -2.17. The number of nitrogens with one attached hydrogen (secondary N) is 1. The average Bonchev–Trinajstić information content (AvgIpc) is 2.70. The van der Waals surface area contributed by atoms with Crippen molar-refractivity contribution in [2.75, 3.05) is 7.05 Å². The molecule has 0 saturated heterocycles. The molecule has 0 amide bonds. The van der Waals surface area contributed by atoms with Crippen molar-refractivity contribution in [3.8, 4) is 0 Å². The molecule has 1 N–H and O–H groups in total. The molecule has 0 saturated carbocycles. The van der Waals surface area contributed by atoms with Crippen LogP contribution in [0.1, 0.15) is 17.4 Å². The molecule has 0 bridgehead atoms. The first kappa shape index (κ1) is 13.8. The SMILES string of the molecule is CNC(Cc1nccn1C)c1cc(Br)cc(Br)c1. The molecule has 2 rings (SSSR count). The average molecular weight is 373 g/mol. The second kappa shape index (κ2) is 5.99. The monoisotopic (exact) mass is 371 g/mol. The second-order valence-electron chi connectivity index (χ2n) is 4.20. The maximum absolute atomic E-state index is 4.37. The molecule has 5 heteroatoms. The normalized spacial score (nSPS) is 12.7. The van der Waals surface area contributed by atoms with Crippen LogP contribution in [-0.4, -0.2) is 16.6 Å². The van der Waals surface area contributed by atoms with E-state index < -0.39 is 0 Å². The van der Waals surface area contributed by atoms with Crippen molar-refractivity contribution >= 4 is 31.9 Å². The Hall–Kier alpha value is -0.650. The molecule has 2 aromatic rings. The van der Waals surface area contributed by atoms with Gasteiger partial charge in [0, 0.05) is 40.8 Å². The van der Waals surface area contributed by atoms with Crippen LogP contribution in [0.15, 0.2) is 39.5 Å². The van der Waals surface area contributed by atoms with Crippen LogP contribution < -0.4 is 5.32 Å². The van der Waals surface area contributed by atoms with Gasteiger partial charge in [0.05, 0.1) is 0 Å². The Labute approximate surface area is 124 Å². The number of halogens is 2. The number of benzene rings is 1. The molecule has 0 spiro atoms. The molecule has 1 aromatic carbocycles. The van der Waals surface area contributed by atoms with Gasteiger partial charge in [0.15, 0.2) is 0 Å². The van der Waals surface area contributed by atoms with Crippen molar-refractivity contribution in [1.82, 2.24) is 14.9 Å². The number of imidazole rings is 1. The minimum Gasteiger partial charge on any atom is -0.338 e. The van der Waals surface area contributed by atoms with Crippen molar-refractivity contribution in [1.29, 1.82) is 0 Å². The van der Waals surface area contributed by atoms with E-state index in [1.807, 2.05) is 32.6 Å². The number of aryl methyl sites for hydroxylation is 1. The van der Waals surface area contributed by atoms with E-state index in [0.29, 0.717) is 0 Å². The highest BCUT2D eigenvalue weighted by Gasteiger charge is 2.13. The zero-order valence-electron chi connectivity index (χ0n) is 10.3. The smallest absolute Gasteiger partial charge is 0.110 e. The summed E-state index contributed by atoms with van der Waals surface area (Å²) in [6.07, 6.45) is 4.67. The van der Waals surface area contributed by atoms with Crippen LogP contribution in [0.2, 0.25) is 0 Å². The summed E-state index contributed by atoms with van der Waals surface area (Å²) >= 11 is 7.05. The first-order valence-electron chi connectivity index (χ1n) is 5.69. The van der Waals surface area contributed by atoms with Crippen LogP contribution in [0, 0.1) is 0 Å². The fourth-order valence-electron chi connectivity index (χ4n) is 1.94. The van der Waals surface area contributed by atoms with Crippen molar-refractivity contribution < 1.29 is 0 Å². The van der Waals surface area contributed by atoms with Crippen LogP contribution in [0.4, 0.5) is 0 Å². The van der Waals surface area contributed by atoms with Crippen LogP contribution in [0.25, 0.3) is 0 Å². The van der Waals surface area contributed by atoms with Gasteiger partial charge in [-0.1, -0.05) is 31.9 Å². The van der Waals surface area contributed by atoms with Crippen molar-refractivity contribution in [2.45, 2.75) is 12.5 Å². The van der Waals surface area contributed by atoms with E-state index in [1.54, 1.807) is 0 Å². The Morgan fingerprint density at radius 2 is 1.94 bits per heavy atom. The van der Waals surface area contributed by atoms with Crippen LogP contribution in [-0.2, 0) is 13.5 Å². The van der Waals surface area contributed by atoms with E-state index in [9.17, 15) is 0 Å². The molecule has 0 aliphatic carbocycles. The number of rotatable bonds is 4. The summed E-state index contributed by atoms with van der Waals surface area (Å²) < 4.78 is 4.20. The number of hydrogen-bond acceptors (Lipinski definition) is 2. The summed E-state index contributed by atoms with van der Waals surface area (Å²) in [6.45, 7) is 0. The maximum Gasteiger partial charge on any atom is 0.110 e.